The van der Waals surface area contributed by atoms with Crippen LogP contribution in [0.4, 0.5) is 18.9 Å². The van der Waals surface area contributed by atoms with Crippen LogP contribution in [-0.2, 0) is 22.3 Å². The largest absolute Gasteiger partial charge is 0.469 e. The van der Waals surface area contributed by atoms with Crippen molar-refractivity contribution in [2.45, 2.75) is 33.5 Å². The number of rotatable bonds is 3. The number of piperazine rings is 1. The van der Waals surface area contributed by atoms with Gasteiger partial charge in [-0.25, -0.2) is 4.99 Å². The lowest BCUT2D eigenvalue weighted by Gasteiger charge is -2.39. The summed E-state index contributed by atoms with van der Waals surface area (Å²) in [5, 5.41) is 0. The van der Waals surface area contributed by atoms with Crippen molar-refractivity contribution < 1.29 is 22.7 Å². The van der Waals surface area contributed by atoms with Crippen LogP contribution in [0.2, 0.25) is 0 Å². The van der Waals surface area contributed by atoms with E-state index in [4.69, 9.17) is 9.73 Å². The van der Waals surface area contributed by atoms with Gasteiger partial charge in [0.2, 0.25) is 0 Å². The second-order valence-electron chi connectivity index (χ2n) is 9.45. The van der Waals surface area contributed by atoms with Gasteiger partial charge in [-0.1, -0.05) is 17.7 Å². The molecule has 1 aromatic carbocycles. The Morgan fingerprint density at radius 3 is 2.45 bits per heavy atom. The molecule has 0 radical (unpaired) electrons. The predicted molar refractivity (Wildman–Crippen MR) is 120 cm³/mol. The van der Waals surface area contributed by atoms with E-state index < -0.39 is 17.2 Å². The summed E-state index contributed by atoms with van der Waals surface area (Å²) in [4.78, 5) is 21.1. The Kier molecular flexibility index (Phi) is 6.03. The highest BCUT2D eigenvalue weighted by molar-refractivity contribution is 6.00. The fourth-order valence-corrected chi connectivity index (χ4v) is 4.54. The van der Waals surface area contributed by atoms with Gasteiger partial charge >= 0.3 is 12.1 Å². The van der Waals surface area contributed by atoms with E-state index in [2.05, 4.69) is 4.90 Å². The quantitative estimate of drug-likeness (QED) is 0.646. The molecule has 0 saturated carbocycles. The molecule has 0 aliphatic carbocycles. The number of esters is 1. The number of alkyl halides is 3. The average molecular weight is 463 g/mol. The van der Waals surface area contributed by atoms with Gasteiger partial charge in [-0.2, -0.15) is 13.2 Å². The number of carbonyl (C=O) groups is 1. The molecule has 0 atom stereocenters. The third-order valence-electron chi connectivity index (χ3n) is 6.28. The smallest absolute Gasteiger partial charge is 0.417 e. The zero-order valence-corrected chi connectivity index (χ0v) is 19.4. The molecule has 0 spiro atoms. The summed E-state index contributed by atoms with van der Waals surface area (Å²) in [6.07, 6.45) is -3.24. The van der Waals surface area contributed by atoms with E-state index in [1.54, 1.807) is 4.57 Å². The van der Waals surface area contributed by atoms with Gasteiger partial charge in [0.1, 0.15) is 0 Å². The van der Waals surface area contributed by atoms with Gasteiger partial charge in [-0.3, -0.25) is 9.69 Å². The molecule has 0 unspecified atom stereocenters. The summed E-state index contributed by atoms with van der Waals surface area (Å²) in [7, 11) is 1.38. The topological polar surface area (TPSA) is 50.1 Å². The van der Waals surface area contributed by atoms with Crippen LogP contribution in [0.3, 0.4) is 0 Å². The number of halogens is 3. The van der Waals surface area contributed by atoms with Crippen molar-refractivity contribution in [3.63, 3.8) is 0 Å². The number of aliphatic imine (C=N–C) groups is 1. The number of nitrogens with zero attached hydrogens (tertiary/aromatic N) is 4. The Morgan fingerprint density at radius 2 is 1.82 bits per heavy atom. The lowest BCUT2D eigenvalue weighted by molar-refractivity contribution is -0.152. The minimum absolute atomic E-state index is 0.262. The number of aryl methyl sites for hydroxylation is 1. The number of hydrogen-bond acceptors (Lipinski definition) is 5. The van der Waals surface area contributed by atoms with Crippen LogP contribution in [0.15, 0.2) is 35.5 Å². The highest BCUT2D eigenvalue weighted by Crippen LogP contribution is 2.34. The van der Waals surface area contributed by atoms with Crippen molar-refractivity contribution in [3.05, 3.63) is 52.8 Å². The summed E-state index contributed by atoms with van der Waals surface area (Å²) in [6, 6.07) is 7.07. The molecule has 2 aliphatic rings. The van der Waals surface area contributed by atoms with Gasteiger partial charge < -0.3 is 14.2 Å². The molecule has 9 heteroatoms. The van der Waals surface area contributed by atoms with Crippen molar-refractivity contribution in [3.8, 4) is 0 Å². The third-order valence-corrected chi connectivity index (χ3v) is 6.28. The van der Waals surface area contributed by atoms with Crippen molar-refractivity contribution >= 4 is 17.5 Å². The van der Waals surface area contributed by atoms with Crippen LogP contribution in [0, 0.1) is 12.3 Å². The van der Waals surface area contributed by atoms with Gasteiger partial charge in [0.25, 0.3) is 0 Å². The first-order valence-corrected chi connectivity index (χ1v) is 11.0. The van der Waals surface area contributed by atoms with Crippen molar-refractivity contribution in [1.29, 1.82) is 0 Å². The van der Waals surface area contributed by atoms with E-state index in [1.807, 2.05) is 43.9 Å². The number of amidine groups is 1. The number of aromatic nitrogens is 1. The third kappa shape index (κ3) is 4.78. The summed E-state index contributed by atoms with van der Waals surface area (Å²) < 4.78 is 47.1. The van der Waals surface area contributed by atoms with Crippen LogP contribution in [-0.4, -0.2) is 66.0 Å². The Morgan fingerprint density at radius 1 is 1.12 bits per heavy atom. The Hall–Kier alpha value is -2.81. The number of fused-ring (bicyclic) bond motifs is 2. The van der Waals surface area contributed by atoms with E-state index >= 15 is 0 Å². The van der Waals surface area contributed by atoms with Crippen LogP contribution >= 0.6 is 0 Å². The van der Waals surface area contributed by atoms with Crippen LogP contribution in [0.25, 0.3) is 0 Å². The molecule has 6 nitrogen and oxygen atoms in total. The zero-order chi connectivity index (χ0) is 24.0. The molecule has 0 bridgehead atoms. The summed E-state index contributed by atoms with van der Waals surface area (Å²) >= 11 is 0. The van der Waals surface area contributed by atoms with E-state index in [0.29, 0.717) is 50.8 Å². The molecule has 2 aliphatic heterocycles. The van der Waals surface area contributed by atoms with Gasteiger partial charge in [0, 0.05) is 45.5 Å². The van der Waals surface area contributed by atoms with Crippen molar-refractivity contribution in [2.75, 3.05) is 39.8 Å². The Bertz CT molecular complexity index is 1080. The molecule has 3 heterocycles. The molecule has 1 fully saturated rings. The molecule has 178 valence electrons. The number of benzene rings is 1. The molecule has 2 aromatic rings. The first-order chi connectivity index (χ1) is 15.5. The van der Waals surface area contributed by atoms with Crippen LogP contribution in [0.1, 0.15) is 36.2 Å². The van der Waals surface area contributed by atoms with Crippen LogP contribution in [0.5, 0.6) is 0 Å². The normalized spacial score (nSPS) is 17.2. The first-order valence-electron chi connectivity index (χ1n) is 11.0. The standard InChI is InChI=1S/C24H29F3N4O2/c1-16-5-6-19-17(11-16)13-31-14-18(24(25,26)27)12-20(31)21(28-19)30-9-7-29(8-10-30)15-23(2,3)22(32)33-4/h5-6,11-12,14H,7-10,13,15H2,1-4H3. The molecule has 33 heavy (non-hydrogen) atoms. The van der Waals surface area contributed by atoms with Gasteiger partial charge in [0.15, 0.2) is 5.84 Å². The van der Waals surface area contributed by atoms with E-state index in [0.717, 1.165) is 16.8 Å². The monoisotopic (exact) mass is 462 g/mol. The molecule has 1 aromatic heterocycles. The Balaban J connectivity index is 1.62. The number of hydrogen-bond donors (Lipinski definition) is 0. The van der Waals surface area contributed by atoms with Crippen molar-refractivity contribution in [2.24, 2.45) is 10.4 Å². The molecule has 0 amide bonds. The van der Waals surface area contributed by atoms with Gasteiger partial charge in [0.05, 0.1) is 29.5 Å². The second-order valence-corrected chi connectivity index (χ2v) is 9.45. The summed E-state index contributed by atoms with van der Waals surface area (Å²) in [5.74, 6) is 0.294. The zero-order valence-electron chi connectivity index (χ0n) is 19.4. The number of carbonyl (C=O) groups excluding carboxylic acids is 1. The van der Waals surface area contributed by atoms with E-state index in [9.17, 15) is 18.0 Å². The fraction of sp³-hybridized carbons (Fsp3) is 0.500. The average Bonchev–Trinajstić information content (AvgIpc) is 3.11. The highest BCUT2D eigenvalue weighted by atomic mass is 19.4. The summed E-state index contributed by atoms with van der Waals surface area (Å²) in [5.41, 5.74) is 1.89. The van der Waals surface area contributed by atoms with Gasteiger partial charge in [-0.05, 0) is 38.5 Å². The maximum atomic E-state index is 13.5. The second kappa shape index (κ2) is 8.52. The summed E-state index contributed by atoms with van der Waals surface area (Å²) in [6.45, 7) is 9.10. The molecular formula is C24H29F3N4O2. The Labute approximate surface area is 191 Å². The first kappa shape index (κ1) is 23.4. The highest BCUT2D eigenvalue weighted by Gasteiger charge is 2.36. The lowest BCUT2D eigenvalue weighted by Crippen LogP contribution is -2.52. The van der Waals surface area contributed by atoms with E-state index in [1.165, 1.54) is 19.4 Å². The number of ether oxygens (including phenoxy) is 1. The van der Waals surface area contributed by atoms with Crippen molar-refractivity contribution in [1.82, 2.24) is 14.4 Å². The van der Waals surface area contributed by atoms with Gasteiger partial charge in [-0.15, -0.1) is 0 Å². The molecule has 0 N–H and O–H groups in total. The molecular weight excluding hydrogens is 433 g/mol. The number of methoxy groups -OCH3 is 1. The van der Waals surface area contributed by atoms with E-state index in [-0.39, 0.29) is 5.97 Å². The molecule has 4 rings (SSSR count). The SMILES string of the molecule is COC(=O)C(C)(C)CN1CCN(C2=Nc3ccc(C)cc3Cn3cc(C(F)(F)F)cc32)CC1. The maximum Gasteiger partial charge on any atom is 0.417 e. The van der Waals surface area contributed by atoms with Crippen LogP contribution < -0.4 is 0 Å². The minimum atomic E-state index is -4.42. The maximum absolute atomic E-state index is 13.5. The lowest BCUT2D eigenvalue weighted by atomic mass is 9.92. The molecule has 1 saturated heterocycles. The predicted octanol–water partition coefficient (Wildman–Crippen LogP) is 4.07. The fourth-order valence-electron chi connectivity index (χ4n) is 4.54. The minimum Gasteiger partial charge on any atom is -0.469 e.